The van der Waals surface area contributed by atoms with E-state index in [0.29, 0.717) is 11.5 Å². The first-order valence-electron chi connectivity index (χ1n) is 5.44. The van der Waals surface area contributed by atoms with Crippen LogP contribution in [0.25, 0.3) is 0 Å². The summed E-state index contributed by atoms with van der Waals surface area (Å²) < 4.78 is 0. The van der Waals surface area contributed by atoms with Gasteiger partial charge >= 0.3 is 0 Å². The van der Waals surface area contributed by atoms with Gasteiger partial charge in [-0.2, -0.15) is 0 Å². The molecule has 0 spiro atoms. The first-order chi connectivity index (χ1) is 6.68. The monoisotopic (exact) mass is 193 g/mol. The van der Waals surface area contributed by atoms with Crippen LogP contribution in [0, 0.1) is 5.41 Å². The summed E-state index contributed by atoms with van der Waals surface area (Å²) in [6.45, 7) is 4.68. The lowest BCUT2D eigenvalue weighted by molar-refractivity contribution is 0.216. The SMILES string of the molecule is CC1(C)CCCCC1Nc1ncc[nH]1. The highest BCUT2D eigenvalue weighted by molar-refractivity contribution is 5.26. The van der Waals surface area contributed by atoms with E-state index in [1.807, 2.05) is 6.20 Å². The normalized spacial score (nSPS) is 26.0. The van der Waals surface area contributed by atoms with Crippen molar-refractivity contribution in [2.45, 2.75) is 45.6 Å². The van der Waals surface area contributed by atoms with Crippen LogP contribution in [0.15, 0.2) is 12.4 Å². The lowest BCUT2D eigenvalue weighted by Gasteiger charge is -2.38. The van der Waals surface area contributed by atoms with E-state index in [9.17, 15) is 0 Å². The highest BCUT2D eigenvalue weighted by Gasteiger charge is 2.32. The standard InChI is InChI=1S/C11H19N3/c1-11(2)6-4-3-5-9(11)14-10-12-7-8-13-10/h7-9H,3-6H2,1-2H3,(H2,12,13,14). The molecular weight excluding hydrogens is 174 g/mol. The van der Waals surface area contributed by atoms with Crippen LogP contribution in [0.4, 0.5) is 5.95 Å². The maximum atomic E-state index is 4.21. The molecule has 1 aliphatic rings. The van der Waals surface area contributed by atoms with E-state index < -0.39 is 0 Å². The predicted molar refractivity (Wildman–Crippen MR) is 58.2 cm³/mol. The Kier molecular flexibility index (Phi) is 2.48. The average Bonchev–Trinajstić information content (AvgIpc) is 2.61. The minimum Gasteiger partial charge on any atom is -0.353 e. The molecule has 1 unspecified atom stereocenters. The van der Waals surface area contributed by atoms with Crippen LogP contribution in [0.3, 0.4) is 0 Å². The zero-order valence-corrected chi connectivity index (χ0v) is 9.01. The van der Waals surface area contributed by atoms with Gasteiger partial charge in [-0.1, -0.05) is 26.7 Å². The Morgan fingerprint density at radius 1 is 1.50 bits per heavy atom. The van der Waals surface area contributed by atoms with Crippen molar-refractivity contribution in [3.8, 4) is 0 Å². The van der Waals surface area contributed by atoms with Crippen molar-refractivity contribution in [2.75, 3.05) is 5.32 Å². The number of H-pyrrole nitrogens is 1. The van der Waals surface area contributed by atoms with Crippen molar-refractivity contribution in [3.05, 3.63) is 12.4 Å². The van der Waals surface area contributed by atoms with Gasteiger partial charge in [0, 0.05) is 18.4 Å². The number of aromatic amines is 1. The first kappa shape index (κ1) is 9.56. The Labute approximate surface area is 85.3 Å². The molecule has 14 heavy (non-hydrogen) atoms. The van der Waals surface area contributed by atoms with Crippen molar-refractivity contribution in [3.63, 3.8) is 0 Å². The molecule has 0 saturated heterocycles. The van der Waals surface area contributed by atoms with Crippen molar-refractivity contribution >= 4 is 5.95 Å². The summed E-state index contributed by atoms with van der Waals surface area (Å²) in [5.41, 5.74) is 0.394. The second-order valence-corrected chi connectivity index (χ2v) is 4.87. The van der Waals surface area contributed by atoms with Crippen LogP contribution in [0.2, 0.25) is 0 Å². The van der Waals surface area contributed by atoms with Gasteiger partial charge in [-0.25, -0.2) is 4.98 Å². The van der Waals surface area contributed by atoms with Crippen molar-refractivity contribution in [1.29, 1.82) is 0 Å². The second kappa shape index (κ2) is 3.64. The zero-order chi connectivity index (χ0) is 10.0. The third-order valence-electron chi connectivity index (χ3n) is 3.32. The number of anilines is 1. The zero-order valence-electron chi connectivity index (χ0n) is 9.01. The van der Waals surface area contributed by atoms with E-state index in [-0.39, 0.29) is 0 Å². The van der Waals surface area contributed by atoms with Gasteiger partial charge in [0.05, 0.1) is 0 Å². The highest BCUT2D eigenvalue weighted by Crippen LogP contribution is 2.36. The first-order valence-corrected chi connectivity index (χ1v) is 5.44. The third-order valence-corrected chi connectivity index (χ3v) is 3.32. The number of nitrogens with zero attached hydrogens (tertiary/aromatic N) is 1. The van der Waals surface area contributed by atoms with Gasteiger partial charge in [0.25, 0.3) is 0 Å². The van der Waals surface area contributed by atoms with Gasteiger partial charge < -0.3 is 10.3 Å². The third kappa shape index (κ3) is 1.91. The van der Waals surface area contributed by atoms with Crippen molar-refractivity contribution in [1.82, 2.24) is 9.97 Å². The van der Waals surface area contributed by atoms with Crippen LogP contribution in [-0.4, -0.2) is 16.0 Å². The molecule has 1 heterocycles. The summed E-state index contributed by atoms with van der Waals surface area (Å²) in [7, 11) is 0. The fraction of sp³-hybridized carbons (Fsp3) is 0.727. The molecular formula is C11H19N3. The van der Waals surface area contributed by atoms with E-state index in [1.54, 1.807) is 6.20 Å². The molecule has 2 N–H and O–H groups in total. The Balaban J connectivity index is 2.02. The van der Waals surface area contributed by atoms with E-state index in [2.05, 4.69) is 29.1 Å². The molecule has 1 aromatic heterocycles. The molecule has 3 nitrogen and oxygen atoms in total. The van der Waals surface area contributed by atoms with E-state index in [4.69, 9.17) is 0 Å². The van der Waals surface area contributed by atoms with Crippen molar-refractivity contribution in [2.24, 2.45) is 5.41 Å². The lowest BCUT2D eigenvalue weighted by Crippen LogP contribution is -2.39. The summed E-state index contributed by atoms with van der Waals surface area (Å²) in [5, 5.41) is 3.48. The molecule has 1 aromatic rings. The van der Waals surface area contributed by atoms with Crippen LogP contribution in [0.5, 0.6) is 0 Å². The number of aromatic nitrogens is 2. The van der Waals surface area contributed by atoms with Crippen LogP contribution >= 0.6 is 0 Å². The summed E-state index contributed by atoms with van der Waals surface area (Å²) in [5.74, 6) is 0.907. The highest BCUT2D eigenvalue weighted by atomic mass is 15.1. The minimum atomic E-state index is 0.394. The maximum absolute atomic E-state index is 4.21. The number of imidazole rings is 1. The number of hydrogen-bond acceptors (Lipinski definition) is 2. The molecule has 2 rings (SSSR count). The summed E-state index contributed by atoms with van der Waals surface area (Å²) in [6.07, 6.45) is 8.92. The molecule has 0 aromatic carbocycles. The van der Waals surface area contributed by atoms with Crippen molar-refractivity contribution < 1.29 is 0 Å². The Morgan fingerprint density at radius 2 is 2.36 bits per heavy atom. The fourth-order valence-corrected chi connectivity index (χ4v) is 2.27. The summed E-state index contributed by atoms with van der Waals surface area (Å²) >= 11 is 0. The maximum Gasteiger partial charge on any atom is 0.200 e. The molecule has 1 atom stereocenters. The summed E-state index contributed by atoms with van der Waals surface area (Å²) in [4.78, 5) is 7.31. The Morgan fingerprint density at radius 3 is 3.00 bits per heavy atom. The number of hydrogen-bond donors (Lipinski definition) is 2. The quantitative estimate of drug-likeness (QED) is 0.758. The number of rotatable bonds is 2. The molecule has 1 aliphatic carbocycles. The van der Waals surface area contributed by atoms with Crippen LogP contribution in [-0.2, 0) is 0 Å². The van der Waals surface area contributed by atoms with Gasteiger partial charge in [-0.05, 0) is 18.3 Å². The van der Waals surface area contributed by atoms with Crippen LogP contribution < -0.4 is 5.32 Å². The smallest absolute Gasteiger partial charge is 0.200 e. The number of nitrogens with one attached hydrogen (secondary N) is 2. The molecule has 0 bridgehead atoms. The Hall–Kier alpha value is -0.990. The molecule has 0 radical (unpaired) electrons. The van der Waals surface area contributed by atoms with Gasteiger partial charge in [-0.3, -0.25) is 0 Å². The Bertz CT molecular complexity index is 277. The minimum absolute atomic E-state index is 0.394. The van der Waals surface area contributed by atoms with E-state index >= 15 is 0 Å². The largest absolute Gasteiger partial charge is 0.353 e. The molecule has 78 valence electrons. The predicted octanol–water partition coefficient (Wildman–Crippen LogP) is 2.79. The molecule has 0 amide bonds. The molecule has 1 fully saturated rings. The lowest BCUT2D eigenvalue weighted by atomic mass is 9.73. The topological polar surface area (TPSA) is 40.7 Å². The van der Waals surface area contributed by atoms with E-state index in [0.717, 1.165) is 5.95 Å². The molecule has 3 heteroatoms. The van der Waals surface area contributed by atoms with E-state index in [1.165, 1.54) is 25.7 Å². The van der Waals surface area contributed by atoms with Gasteiger partial charge in [0.1, 0.15) is 0 Å². The van der Waals surface area contributed by atoms with Gasteiger partial charge in [-0.15, -0.1) is 0 Å². The average molecular weight is 193 g/mol. The fourth-order valence-electron chi connectivity index (χ4n) is 2.27. The second-order valence-electron chi connectivity index (χ2n) is 4.87. The summed E-state index contributed by atoms with van der Waals surface area (Å²) in [6, 6.07) is 0.558. The van der Waals surface area contributed by atoms with Crippen LogP contribution in [0.1, 0.15) is 39.5 Å². The van der Waals surface area contributed by atoms with Gasteiger partial charge in [0.2, 0.25) is 0 Å². The molecule has 0 aliphatic heterocycles. The molecule has 1 saturated carbocycles. The van der Waals surface area contributed by atoms with Gasteiger partial charge in [0.15, 0.2) is 5.95 Å².